The molecule has 148 valence electrons. The maximum absolute atomic E-state index is 12.7. The molecule has 4 rings (SSSR count). The third-order valence-electron chi connectivity index (χ3n) is 6.00. The molecule has 0 N–H and O–H groups in total. The molecule has 2 fully saturated rings. The lowest BCUT2D eigenvalue weighted by Crippen LogP contribution is -2.47. The number of aromatic nitrogens is 1. The normalized spacial score (nSPS) is 21.4. The highest BCUT2D eigenvalue weighted by atomic mass is 35.5. The van der Waals surface area contributed by atoms with Crippen LogP contribution < -0.4 is 0 Å². The van der Waals surface area contributed by atoms with Gasteiger partial charge in [-0.25, -0.2) is 0 Å². The van der Waals surface area contributed by atoms with Gasteiger partial charge in [0.15, 0.2) is 0 Å². The third kappa shape index (κ3) is 4.22. The minimum atomic E-state index is -0.0982. The van der Waals surface area contributed by atoms with E-state index >= 15 is 0 Å². The minimum absolute atomic E-state index is 0.0561. The first-order valence-electron chi connectivity index (χ1n) is 9.83. The van der Waals surface area contributed by atoms with E-state index in [-0.39, 0.29) is 11.5 Å². The summed E-state index contributed by atoms with van der Waals surface area (Å²) in [6.07, 6.45) is 6.51. The van der Waals surface area contributed by atoms with Crippen molar-refractivity contribution in [3.63, 3.8) is 0 Å². The van der Waals surface area contributed by atoms with Crippen LogP contribution in [0.3, 0.4) is 0 Å². The first kappa shape index (κ1) is 19.4. The Kier molecular flexibility index (Phi) is 5.67. The predicted octanol–water partition coefficient (Wildman–Crippen LogP) is 3.63. The molecule has 0 radical (unpaired) electrons. The fourth-order valence-corrected chi connectivity index (χ4v) is 4.47. The topological polar surface area (TPSA) is 45.7 Å². The summed E-state index contributed by atoms with van der Waals surface area (Å²) in [5.41, 5.74) is 1.77. The van der Waals surface area contributed by atoms with Gasteiger partial charge in [0.1, 0.15) is 0 Å². The average Bonchev–Trinajstić information content (AvgIpc) is 3.13. The van der Waals surface area contributed by atoms with E-state index in [2.05, 4.69) is 23.0 Å². The monoisotopic (exact) mass is 399 g/mol. The summed E-state index contributed by atoms with van der Waals surface area (Å²) in [5, 5.41) is 0.595. The molecule has 2 aliphatic heterocycles. The first-order valence-corrected chi connectivity index (χ1v) is 10.2. The van der Waals surface area contributed by atoms with Crippen LogP contribution in [0.2, 0.25) is 5.02 Å². The fourth-order valence-electron chi connectivity index (χ4n) is 4.28. The summed E-state index contributed by atoms with van der Waals surface area (Å²) in [5.74, 6) is 0.0561. The van der Waals surface area contributed by atoms with Crippen molar-refractivity contribution in [2.24, 2.45) is 0 Å². The van der Waals surface area contributed by atoms with E-state index in [9.17, 15) is 4.79 Å². The molecule has 1 atom stereocenters. The van der Waals surface area contributed by atoms with Crippen LogP contribution in [0, 0.1) is 0 Å². The van der Waals surface area contributed by atoms with Crippen molar-refractivity contribution in [2.75, 3.05) is 26.7 Å². The number of nitrogens with zero attached hydrogens (tertiary/aromatic N) is 3. The highest BCUT2D eigenvalue weighted by molar-refractivity contribution is 6.30. The standard InChI is InChI=1S/C22H26ClN3O2/c1-25(15-17-4-3-9-24-14-17)20-13-22(28-16-20)7-10-26(11-8-22)21(27)18-5-2-6-19(23)12-18/h2-6,9,12,14,20H,7-8,10-11,13,15-16H2,1H3/t20-/m0/s1. The van der Waals surface area contributed by atoms with E-state index in [1.165, 1.54) is 5.56 Å². The van der Waals surface area contributed by atoms with Crippen molar-refractivity contribution >= 4 is 17.5 Å². The van der Waals surface area contributed by atoms with Gasteiger partial charge < -0.3 is 9.64 Å². The van der Waals surface area contributed by atoms with E-state index in [1.54, 1.807) is 18.3 Å². The third-order valence-corrected chi connectivity index (χ3v) is 6.24. The van der Waals surface area contributed by atoms with E-state index in [4.69, 9.17) is 16.3 Å². The summed E-state index contributed by atoms with van der Waals surface area (Å²) >= 11 is 6.03. The number of ether oxygens (including phenoxy) is 1. The van der Waals surface area contributed by atoms with Crippen LogP contribution in [0.5, 0.6) is 0 Å². The van der Waals surface area contributed by atoms with Crippen LogP contribution in [0.15, 0.2) is 48.8 Å². The number of likely N-dealkylation sites (N-methyl/N-ethyl adjacent to an activating group) is 1. The number of carbonyl (C=O) groups excluding carboxylic acids is 1. The molecule has 0 unspecified atom stereocenters. The molecule has 2 aromatic rings. The Morgan fingerprint density at radius 3 is 2.86 bits per heavy atom. The molecule has 0 aliphatic carbocycles. The van der Waals surface area contributed by atoms with Gasteiger partial charge in [0.05, 0.1) is 12.2 Å². The lowest BCUT2D eigenvalue weighted by molar-refractivity contribution is -0.0393. The molecule has 1 aromatic carbocycles. The van der Waals surface area contributed by atoms with Gasteiger partial charge in [-0.2, -0.15) is 0 Å². The van der Waals surface area contributed by atoms with Crippen molar-refractivity contribution in [1.82, 2.24) is 14.8 Å². The highest BCUT2D eigenvalue weighted by Gasteiger charge is 2.44. The average molecular weight is 400 g/mol. The number of amides is 1. The Morgan fingerprint density at radius 2 is 2.14 bits per heavy atom. The van der Waals surface area contributed by atoms with Gasteiger partial charge in [-0.05, 0) is 56.1 Å². The zero-order chi connectivity index (χ0) is 19.6. The minimum Gasteiger partial charge on any atom is -0.373 e. The lowest BCUT2D eigenvalue weighted by atomic mass is 9.87. The number of halogens is 1. The van der Waals surface area contributed by atoms with Crippen molar-refractivity contribution in [2.45, 2.75) is 37.5 Å². The molecule has 6 heteroatoms. The summed E-state index contributed by atoms with van der Waals surface area (Å²) in [4.78, 5) is 21.2. The molecule has 2 saturated heterocycles. The second-order valence-electron chi connectivity index (χ2n) is 7.93. The van der Waals surface area contributed by atoms with Crippen LogP contribution in [0.25, 0.3) is 0 Å². The van der Waals surface area contributed by atoms with Crippen molar-refractivity contribution in [3.8, 4) is 0 Å². The molecule has 1 spiro atoms. The number of rotatable bonds is 4. The van der Waals surface area contributed by atoms with Gasteiger partial charge in [-0.15, -0.1) is 0 Å². The van der Waals surface area contributed by atoms with Gasteiger partial charge in [0, 0.05) is 48.7 Å². The van der Waals surface area contributed by atoms with Crippen molar-refractivity contribution in [3.05, 3.63) is 64.9 Å². The number of hydrogen-bond acceptors (Lipinski definition) is 4. The number of carbonyl (C=O) groups is 1. The van der Waals surface area contributed by atoms with Gasteiger partial charge >= 0.3 is 0 Å². The van der Waals surface area contributed by atoms with Crippen molar-refractivity contribution < 1.29 is 9.53 Å². The number of pyridine rings is 1. The smallest absolute Gasteiger partial charge is 0.253 e. The fraction of sp³-hybridized carbons (Fsp3) is 0.455. The molecule has 3 heterocycles. The molecular weight excluding hydrogens is 374 g/mol. The zero-order valence-electron chi connectivity index (χ0n) is 16.2. The van der Waals surface area contributed by atoms with Crippen LogP contribution in [-0.2, 0) is 11.3 Å². The summed E-state index contributed by atoms with van der Waals surface area (Å²) in [6, 6.07) is 11.7. The van der Waals surface area contributed by atoms with E-state index in [0.29, 0.717) is 16.6 Å². The second kappa shape index (κ2) is 8.19. The Bertz CT molecular complexity index is 822. The van der Waals surface area contributed by atoms with Crippen LogP contribution in [0.1, 0.15) is 35.2 Å². The number of hydrogen-bond donors (Lipinski definition) is 0. The zero-order valence-corrected chi connectivity index (χ0v) is 16.9. The molecule has 28 heavy (non-hydrogen) atoms. The maximum Gasteiger partial charge on any atom is 0.253 e. The van der Waals surface area contributed by atoms with Gasteiger partial charge in [-0.3, -0.25) is 14.7 Å². The molecule has 5 nitrogen and oxygen atoms in total. The summed E-state index contributed by atoms with van der Waals surface area (Å²) < 4.78 is 6.29. The van der Waals surface area contributed by atoms with E-state index in [1.807, 2.05) is 29.3 Å². The molecule has 0 bridgehead atoms. The Hall–Kier alpha value is -1.95. The SMILES string of the molecule is CN(Cc1cccnc1)[C@@H]1COC2(CCN(C(=O)c3cccc(Cl)c3)CC2)C1. The lowest BCUT2D eigenvalue weighted by Gasteiger charge is -2.39. The van der Waals surface area contributed by atoms with Gasteiger partial charge in [0.2, 0.25) is 0 Å². The molecule has 2 aliphatic rings. The molecule has 0 saturated carbocycles. The second-order valence-corrected chi connectivity index (χ2v) is 8.37. The summed E-state index contributed by atoms with van der Waals surface area (Å²) in [7, 11) is 2.15. The largest absolute Gasteiger partial charge is 0.373 e. The van der Waals surface area contributed by atoms with Crippen LogP contribution in [-0.4, -0.2) is 59.1 Å². The number of likely N-dealkylation sites (tertiary alicyclic amines) is 1. The Morgan fingerprint density at radius 1 is 1.32 bits per heavy atom. The molecule has 1 amide bonds. The molecular formula is C22H26ClN3O2. The van der Waals surface area contributed by atoms with Crippen LogP contribution in [0.4, 0.5) is 0 Å². The number of piperidine rings is 1. The highest BCUT2D eigenvalue weighted by Crippen LogP contribution is 2.38. The Labute approximate surface area is 171 Å². The van der Waals surface area contributed by atoms with Gasteiger partial charge in [0.25, 0.3) is 5.91 Å². The molecule has 1 aromatic heterocycles. The Balaban J connectivity index is 1.32. The van der Waals surface area contributed by atoms with E-state index < -0.39 is 0 Å². The predicted molar refractivity (Wildman–Crippen MR) is 109 cm³/mol. The van der Waals surface area contributed by atoms with Crippen molar-refractivity contribution in [1.29, 1.82) is 0 Å². The van der Waals surface area contributed by atoms with Crippen LogP contribution >= 0.6 is 11.6 Å². The van der Waals surface area contributed by atoms with E-state index in [0.717, 1.165) is 45.5 Å². The maximum atomic E-state index is 12.7. The number of benzene rings is 1. The van der Waals surface area contributed by atoms with Gasteiger partial charge in [-0.1, -0.05) is 23.7 Å². The quantitative estimate of drug-likeness (QED) is 0.787. The first-order chi connectivity index (χ1) is 13.5. The summed E-state index contributed by atoms with van der Waals surface area (Å²) in [6.45, 7) is 3.07.